The SMILES string of the molecule is Cc1cc(C(=O)N2CCC3(CCNC3)CC2)c(C)n1-c1ccc(Cl)cc1. The molecule has 2 fully saturated rings. The molecule has 0 saturated carbocycles. The van der Waals surface area contributed by atoms with Crippen LogP contribution in [0.5, 0.6) is 0 Å². The van der Waals surface area contributed by atoms with E-state index in [1.807, 2.05) is 49.1 Å². The van der Waals surface area contributed by atoms with Crippen LogP contribution in [-0.4, -0.2) is 41.6 Å². The molecule has 5 heteroatoms. The van der Waals surface area contributed by atoms with E-state index in [0.717, 1.165) is 66.7 Å². The topological polar surface area (TPSA) is 37.3 Å². The number of nitrogens with zero attached hydrogens (tertiary/aromatic N) is 2. The number of nitrogens with one attached hydrogen (secondary N) is 1. The number of carbonyl (C=O) groups excluding carboxylic acids is 1. The van der Waals surface area contributed by atoms with Crippen LogP contribution in [-0.2, 0) is 0 Å². The smallest absolute Gasteiger partial charge is 0.255 e. The first-order valence-corrected chi connectivity index (χ1v) is 9.82. The molecule has 4 rings (SSSR count). The van der Waals surface area contributed by atoms with E-state index < -0.39 is 0 Å². The molecule has 0 bridgehead atoms. The highest BCUT2D eigenvalue weighted by Gasteiger charge is 2.38. The Kier molecular flexibility index (Phi) is 4.57. The molecule has 1 N–H and O–H groups in total. The van der Waals surface area contributed by atoms with Gasteiger partial charge in [0.1, 0.15) is 0 Å². The molecular weight excluding hydrogens is 346 g/mol. The minimum absolute atomic E-state index is 0.166. The van der Waals surface area contributed by atoms with Crippen LogP contribution in [0, 0.1) is 19.3 Å². The molecule has 1 spiro atoms. The van der Waals surface area contributed by atoms with Crippen LogP contribution < -0.4 is 5.32 Å². The third-order valence-corrected chi connectivity index (χ3v) is 6.44. The maximum atomic E-state index is 13.2. The summed E-state index contributed by atoms with van der Waals surface area (Å²) in [5.41, 5.74) is 4.35. The van der Waals surface area contributed by atoms with Crippen LogP contribution >= 0.6 is 11.6 Å². The lowest BCUT2D eigenvalue weighted by Crippen LogP contribution is -2.44. The zero-order valence-electron chi connectivity index (χ0n) is 15.5. The fraction of sp³-hybridized carbons (Fsp3) is 0.476. The van der Waals surface area contributed by atoms with E-state index in [9.17, 15) is 4.79 Å². The average molecular weight is 372 g/mol. The van der Waals surface area contributed by atoms with Crippen molar-refractivity contribution in [1.82, 2.24) is 14.8 Å². The van der Waals surface area contributed by atoms with Crippen molar-refractivity contribution in [2.45, 2.75) is 33.1 Å². The third kappa shape index (κ3) is 3.06. The van der Waals surface area contributed by atoms with Crippen LogP contribution in [0.25, 0.3) is 5.69 Å². The van der Waals surface area contributed by atoms with Gasteiger partial charge in [-0.2, -0.15) is 0 Å². The molecule has 0 radical (unpaired) electrons. The first-order chi connectivity index (χ1) is 12.5. The van der Waals surface area contributed by atoms with Gasteiger partial charge in [0, 0.05) is 41.7 Å². The van der Waals surface area contributed by atoms with E-state index in [1.54, 1.807) is 0 Å². The number of aromatic nitrogens is 1. The van der Waals surface area contributed by atoms with Crippen molar-refractivity contribution in [3.8, 4) is 5.69 Å². The lowest BCUT2D eigenvalue weighted by molar-refractivity contribution is 0.0607. The van der Waals surface area contributed by atoms with Gasteiger partial charge >= 0.3 is 0 Å². The number of amides is 1. The zero-order chi connectivity index (χ0) is 18.3. The lowest BCUT2D eigenvalue weighted by atomic mass is 9.78. The molecule has 3 heterocycles. The number of rotatable bonds is 2. The van der Waals surface area contributed by atoms with Gasteiger partial charge in [-0.1, -0.05) is 11.6 Å². The number of hydrogen-bond acceptors (Lipinski definition) is 2. The van der Waals surface area contributed by atoms with Crippen molar-refractivity contribution in [3.05, 3.63) is 52.3 Å². The second-order valence-corrected chi connectivity index (χ2v) is 8.25. The molecule has 138 valence electrons. The van der Waals surface area contributed by atoms with Crippen molar-refractivity contribution in [3.63, 3.8) is 0 Å². The van der Waals surface area contributed by atoms with Crippen molar-refractivity contribution in [2.75, 3.05) is 26.2 Å². The van der Waals surface area contributed by atoms with E-state index >= 15 is 0 Å². The Bertz CT molecular complexity index is 809. The zero-order valence-corrected chi connectivity index (χ0v) is 16.3. The summed E-state index contributed by atoms with van der Waals surface area (Å²) in [6.07, 6.45) is 3.48. The van der Waals surface area contributed by atoms with Gasteiger partial charge in [-0.3, -0.25) is 4.79 Å². The number of carbonyl (C=O) groups is 1. The third-order valence-electron chi connectivity index (χ3n) is 6.19. The molecule has 2 aliphatic rings. The summed E-state index contributed by atoms with van der Waals surface area (Å²) in [7, 11) is 0. The Morgan fingerprint density at radius 3 is 2.42 bits per heavy atom. The lowest BCUT2D eigenvalue weighted by Gasteiger charge is -2.38. The molecule has 2 aromatic rings. The van der Waals surface area contributed by atoms with Gasteiger partial charge < -0.3 is 14.8 Å². The summed E-state index contributed by atoms with van der Waals surface area (Å²) in [5.74, 6) is 0.166. The van der Waals surface area contributed by atoms with Gasteiger partial charge in [0.2, 0.25) is 0 Å². The fourth-order valence-corrected chi connectivity index (χ4v) is 4.67. The Balaban J connectivity index is 1.55. The summed E-state index contributed by atoms with van der Waals surface area (Å²) in [4.78, 5) is 15.2. The van der Waals surface area contributed by atoms with Crippen LogP contribution in [0.1, 0.15) is 41.0 Å². The predicted molar refractivity (Wildman–Crippen MR) is 105 cm³/mol. The van der Waals surface area contributed by atoms with Crippen molar-refractivity contribution in [2.24, 2.45) is 5.41 Å². The van der Waals surface area contributed by atoms with Crippen LogP contribution in [0.15, 0.2) is 30.3 Å². The highest BCUT2D eigenvalue weighted by molar-refractivity contribution is 6.30. The highest BCUT2D eigenvalue weighted by atomic mass is 35.5. The Morgan fingerprint density at radius 1 is 1.12 bits per heavy atom. The maximum Gasteiger partial charge on any atom is 0.255 e. The molecular formula is C21H26ClN3O. The van der Waals surface area contributed by atoms with E-state index in [-0.39, 0.29) is 5.91 Å². The van der Waals surface area contributed by atoms with Gasteiger partial charge in [0.25, 0.3) is 5.91 Å². The molecule has 26 heavy (non-hydrogen) atoms. The summed E-state index contributed by atoms with van der Waals surface area (Å²) in [5, 5.41) is 4.20. The number of benzene rings is 1. The van der Waals surface area contributed by atoms with Gasteiger partial charge in [-0.15, -0.1) is 0 Å². The van der Waals surface area contributed by atoms with Crippen molar-refractivity contribution in [1.29, 1.82) is 0 Å². The van der Waals surface area contributed by atoms with Gasteiger partial charge in [-0.05, 0) is 75.4 Å². The van der Waals surface area contributed by atoms with Gasteiger partial charge in [0.15, 0.2) is 0 Å². The fourth-order valence-electron chi connectivity index (χ4n) is 4.54. The number of hydrogen-bond donors (Lipinski definition) is 1. The Hall–Kier alpha value is -1.78. The highest BCUT2D eigenvalue weighted by Crippen LogP contribution is 2.37. The first kappa shape index (κ1) is 17.6. The molecule has 0 unspecified atom stereocenters. The quantitative estimate of drug-likeness (QED) is 0.867. The van der Waals surface area contributed by atoms with Gasteiger partial charge in [-0.25, -0.2) is 0 Å². The average Bonchev–Trinajstić information content (AvgIpc) is 3.21. The van der Waals surface area contributed by atoms with Crippen LogP contribution in [0.4, 0.5) is 0 Å². The standard InChI is InChI=1S/C21H26ClN3O/c1-15-13-19(16(2)25(15)18-5-3-17(22)4-6-18)20(26)24-11-8-21(9-12-24)7-10-23-14-21/h3-6,13,23H,7-12,14H2,1-2H3. The molecule has 1 amide bonds. The van der Waals surface area contributed by atoms with E-state index in [0.29, 0.717) is 5.41 Å². The van der Waals surface area contributed by atoms with Crippen molar-refractivity contribution < 1.29 is 4.79 Å². The van der Waals surface area contributed by atoms with E-state index in [2.05, 4.69) is 9.88 Å². The molecule has 4 nitrogen and oxygen atoms in total. The summed E-state index contributed by atoms with van der Waals surface area (Å²) < 4.78 is 2.13. The van der Waals surface area contributed by atoms with Crippen LogP contribution in [0.3, 0.4) is 0 Å². The molecule has 1 aromatic carbocycles. The first-order valence-electron chi connectivity index (χ1n) is 9.44. The molecule has 0 aliphatic carbocycles. The second-order valence-electron chi connectivity index (χ2n) is 7.82. The Labute approximate surface area is 160 Å². The summed E-state index contributed by atoms with van der Waals surface area (Å²) >= 11 is 6.01. The van der Waals surface area contributed by atoms with Crippen molar-refractivity contribution >= 4 is 17.5 Å². The largest absolute Gasteiger partial charge is 0.339 e. The maximum absolute atomic E-state index is 13.2. The molecule has 0 atom stereocenters. The van der Waals surface area contributed by atoms with E-state index in [1.165, 1.54) is 6.42 Å². The molecule has 1 aromatic heterocycles. The minimum Gasteiger partial charge on any atom is -0.339 e. The number of halogens is 1. The number of aryl methyl sites for hydroxylation is 1. The summed E-state index contributed by atoms with van der Waals surface area (Å²) in [6, 6.07) is 9.78. The number of likely N-dealkylation sites (tertiary alicyclic amines) is 1. The predicted octanol–water partition coefficient (Wildman–Crippen LogP) is 3.96. The molecule has 2 saturated heterocycles. The normalized spacial score (nSPS) is 19.3. The number of piperidine rings is 1. The Morgan fingerprint density at radius 2 is 1.81 bits per heavy atom. The van der Waals surface area contributed by atoms with Crippen LogP contribution in [0.2, 0.25) is 5.02 Å². The monoisotopic (exact) mass is 371 g/mol. The van der Waals surface area contributed by atoms with Gasteiger partial charge in [0.05, 0.1) is 5.56 Å². The second kappa shape index (κ2) is 6.75. The molecule has 2 aliphatic heterocycles. The summed E-state index contributed by atoms with van der Waals surface area (Å²) in [6.45, 7) is 8.04. The van der Waals surface area contributed by atoms with E-state index in [4.69, 9.17) is 11.6 Å². The minimum atomic E-state index is 0.166.